The molecule has 0 saturated heterocycles. The van der Waals surface area contributed by atoms with Crippen LogP contribution in [0.1, 0.15) is 58.4 Å². The number of nitrogens with one attached hydrogen (secondary N) is 1. The fourth-order valence-electron chi connectivity index (χ4n) is 6.31. The van der Waals surface area contributed by atoms with Gasteiger partial charge in [0.2, 0.25) is 0 Å². The fourth-order valence-corrected chi connectivity index (χ4v) is 6.31. The summed E-state index contributed by atoms with van der Waals surface area (Å²) < 4.78 is 74.3. The van der Waals surface area contributed by atoms with Gasteiger partial charge in [-0.2, -0.15) is 13.2 Å². The summed E-state index contributed by atoms with van der Waals surface area (Å²) in [6, 6.07) is 12.3. The molecular weight excluding hydrogens is 541 g/mol. The van der Waals surface area contributed by atoms with E-state index in [9.17, 15) is 31.5 Å². The van der Waals surface area contributed by atoms with Gasteiger partial charge in [-0.1, -0.05) is 6.07 Å². The molecule has 1 N–H and O–H groups in total. The summed E-state index contributed by atoms with van der Waals surface area (Å²) >= 11 is 0. The first-order valence-electron chi connectivity index (χ1n) is 13.4. The highest BCUT2D eigenvalue weighted by atomic mass is 19.4. The molecule has 0 aliphatic heterocycles. The van der Waals surface area contributed by atoms with Gasteiger partial charge in [0.25, 0.3) is 5.91 Å². The lowest BCUT2D eigenvalue weighted by molar-refractivity contribution is -0.133. The summed E-state index contributed by atoms with van der Waals surface area (Å²) in [5.74, 6) is -1.22. The van der Waals surface area contributed by atoms with Crippen molar-refractivity contribution in [3.8, 4) is 22.5 Å². The van der Waals surface area contributed by atoms with Crippen LogP contribution in [0.3, 0.4) is 0 Å². The minimum absolute atomic E-state index is 0.0447. The Morgan fingerprint density at radius 1 is 0.976 bits per heavy atom. The smallest absolute Gasteiger partial charge is 0.389 e. The summed E-state index contributed by atoms with van der Waals surface area (Å²) in [5.41, 5.74) is 1.52. The minimum atomic E-state index is -4.44. The van der Waals surface area contributed by atoms with Crippen LogP contribution >= 0.6 is 0 Å². The van der Waals surface area contributed by atoms with Gasteiger partial charge in [-0.05, 0) is 102 Å². The molecule has 3 aliphatic rings. The van der Waals surface area contributed by atoms with Crippen LogP contribution in [0.2, 0.25) is 0 Å². The second-order valence-electron chi connectivity index (χ2n) is 11.3. The number of carbonyl (C=O) groups is 2. The first-order chi connectivity index (χ1) is 19.4. The van der Waals surface area contributed by atoms with Crippen molar-refractivity contribution >= 4 is 22.7 Å². The Hall–Kier alpha value is -4.01. The third-order valence-corrected chi connectivity index (χ3v) is 8.43. The van der Waals surface area contributed by atoms with Gasteiger partial charge in [0.05, 0.1) is 11.1 Å². The van der Waals surface area contributed by atoms with E-state index in [0.717, 1.165) is 25.3 Å². The van der Waals surface area contributed by atoms with E-state index in [1.807, 2.05) is 0 Å². The molecule has 0 spiro atoms. The van der Waals surface area contributed by atoms with E-state index < -0.39 is 36.6 Å². The van der Waals surface area contributed by atoms with Crippen molar-refractivity contribution in [2.24, 2.45) is 11.3 Å². The molecule has 2 bridgehead atoms. The topological polar surface area (TPSA) is 59.3 Å². The number of halogens is 5. The number of benzene rings is 3. The van der Waals surface area contributed by atoms with Gasteiger partial charge < -0.3 is 9.73 Å². The molecule has 4 aromatic rings. The molecule has 0 radical (unpaired) electrons. The van der Waals surface area contributed by atoms with Crippen molar-refractivity contribution < 1.29 is 36.0 Å². The predicted molar refractivity (Wildman–Crippen MR) is 143 cm³/mol. The second kappa shape index (κ2) is 9.82. The molecule has 3 aliphatic carbocycles. The number of hydrogen-bond acceptors (Lipinski definition) is 3. The van der Waals surface area contributed by atoms with E-state index in [1.165, 1.54) is 49.5 Å². The highest BCUT2D eigenvalue weighted by Gasteiger charge is 2.57. The largest absolute Gasteiger partial charge is 0.455 e. The van der Waals surface area contributed by atoms with Crippen LogP contribution in [0.25, 0.3) is 33.4 Å². The Labute approximate surface area is 232 Å². The number of rotatable bonds is 8. The van der Waals surface area contributed by atoms with Crippen LogP contribution in [0.4, 0.5) is 22.0 Å². The van der Waals surface area contributed by atoms with Crippen molar-refractivity contribution in [2.75, 3.05) is 7.05 Å². The molecular formula is C32H26F5NO3. The molecule has 3 fully saturated rings. The lowest BCUT2D eigenvalue weighted by Crippen LogP contribution is -2.52. The summed E-state index contributed by atoms with van der Waals surface area (Å²) in [5, 5.41) is 2.87. The van der Waals surface area contributed by atoms with Crippen molar-refractivity contribution in [2.45, 2.75) is 44.7 Å². The average molecular weight is 568 g/mol. The minimum Gasteiger partial charge on any atom is -0.455 e. The number of carbonyl (C=O) groups excluding carboxylic acids is 2. The number of ketones is 1. The first-order valence-corrected chi connectivity index (χ1v) is 13.4. The molecule has 212 valence electrons. The molecule has 3 aromatic carbocycles. The van der Waals surface area contributed by atoms with Crippen LogP contribution in [0.5, 0.6) is 0 Å². The Morgan fingerprint density at radius 2 is 1.66 bits per heavy atom. The van der Waals surface area contributed by atoms with E-state index in [-0.39, 0.29) is 45.7 Å². The lowest BCUT2D eigenvalue weighted by Gasteiger charge is -2.62. The summed E-state index contributed by atoms with van der Waals surface area (Å²) in [7, 11) is 1.43. The van der Waals surface area contributed by atoms with E-state index in [4.69, 9.17) is 4.42 Å². The van der Waals surface area contributed by atoms with Crippen molar-refractivity contribution in [3.63, 3.8) is 0 Å². The van der Waals surface area contributed by atoms with Crippen molar-refractivity contribution in [3.05, 3.63) is 82.9 Å². The number of aryl methyl sites for hydroxylation is 1. The maximum Gasteiger partial charge on any atom is 0.389 e. The lowest BCUT2D eigenvalue weighted by atomic mass is 9.43. The summed E-state index contributed by atoms with van der Waals surface area (Å²) in [4.78, 5) is 26.1. The van der Waals surface area contributed by atoms with Crippen molar-refractivity contribution in [1.29, 1.82) is 0 Å². The van der Waals surface area contributed by atoms with E-state index in [0.29, 0.717) is 28.0 Å². The monoisotopic (exact) mass is 567 g/mol. The molecule has 3 saturated carbocycles. The normalized spacial score (nSPS) is 19.5. The van der Waals surface area contributed by atoms with Crippen LogP contribution < -0.4 is 5.32 Å². The number of hydrogen-bond donors (Lipinski definition) is 1. The summed E-state index contributed by atoms with van der Waals surface area (Å²) in [6.07, 6.45) is -2.80. The number of fused-ring (bicyclic) bond motifs is 1. The SMILES string of the molecule is CNC(=O)c1c(-c2ccc(F)cc2)oc2cc(CCC(F)(F)F)c(-c3ccc(F)c(C(=O)CC45CC(C4)C5)c3)cc12. The average Bonchev–Trinajstić information content (AvgIpc) is 3.26. The van der Waals surface area contributed by atoms with E-state index in [2.05, 4.69) is 5.32 Å². The highest BCUT2D eigenvalue weighted by molar-refractivity contribution is 6.12. The second-order valence-corrected chi connectivity index (χ2v) is 11.3. The fraction of sp³-hybridized carbons (Fsp3) is 0.312. The maximum atomic E-state index is 14.9. The standard InChI is InChI=1S/C32H26F5NO3/c1-38-30(40)28-24-12-22(19-4-7-25(34)23(10-19)26(39)16-31-13-17(14-31)15-31)20(8-9-32(35,36)37)11-27(24)41-29(28)18-2-5-21(33)6-3-18/h2-7,10-12,17H,8-9,13-16H2,1H3,(H,38,40). The number of furan rings is 1. The molecule has 1 heterocycles. The zero-order valence-electron chi connectivity index (χ0n) is 22.1. The van der Waals surface area contributed by atoms with Gasteiger partial charge in [0, 0.05) is 30.8 Å². The maximum absolute atomic E-state index is 14.9. The molecule has 1 amide bonds. The van der Waals surface area contributed by atoms with E-state index >= 15 is 0 Å². The van der Waals surface area contributed by atoms with Gasteiger partial charge in [-0.3, -0.25) is 9.59 Å². The van der Waals surface area contributed by atoms with Crippen LogP contribution in [-0.2, 0) is 6.42 Å². The molecule has 41 heavy (non-hydrogen) atoms. The van der Waals surface area contributed by atoms with Gasteiger partial charge >= 0.3 is 6.18 Å². The Bertz CT molecular complexity index is 1670. The van der Waals surface area contributed by atoms with Crippen LogP contribution in [0, 0.1) is 23.0 Å². The quantitative estimate of drug-likeness (QED) is 0.172. The van der Waals surface area contributed by atoms with Gasteiger partial charge in [-0.15, -0.1) is 0 Å². The third kappa shape index (κ3) is 5.02. The predicted octanol–water partition coefficient (Wildman–Crippen LogP) is 8.27. The number of Topliss-reactive ketones (excluding diaryl/α,β-unsaturated/α-hetero) is 1. The zero-order valence-corrected chi connectivity index (χ0v) is 22.1. The Kier molecular flexibility index (Phi) is 6.51. The number of alkyl halides is 3. The van der Waals surface area contributed by atoms with Crippen LogP contribution in [-0.4, -0.2) is 24.9 Å². The number of amides is 1. The van der Waals surface area contributed by atoms with Gasteiger partial charge in [0.1, 0.15) is 23.0 Å². The van der Waals surface area contributed by atoms with Crippen molar-refractivity contribution in [1.82, 2.24) is 5.32 Å². The molecule has 7 rings (SSSR count). The van der Waals surface area contributed by atoms with Crippen LogP contribution in [0.15, 0.2) is 59.0 Å². The van der Waals surface area contributed by atoms with E-state index in [1.54, 1.807) is 6.07 Å². The molecule has 1 aromatic heterocycles. The highest BCUT2D eigenvalue weighted by Crippen LogP contribution is 2.66. The summed E-state index contributed by atoms with van der Waals surface area (Å²) in [6.45, 7) is 0. The third-order valence-electron chi connectivity index (χ3n) is 8.43. The van der Waals surface area contributed by atoms with Gasteiger partial charge in [-0.25, -0.2) is 8.78 Å². The molecule has 4 nitrogen and oxygen atoms in total. The molecule has 0 unspecified atom stereocenters. The van der Waals surface area contributed by atoms with Gasteiger partial charge in [0.15, 0.2) is 5.78 Å². The molecule has 9 heteroatoms. The zero-order chi connectivity index (χ0) is 29.1. The Balaban J connectivity index is 1.50. The Morgan fingerprint density at radius 3 is 2.27 bits per heavy atom. The first kappa shape index (κ1) is 27.2. The molecule has 0 atom stereocenters.